The predicted octanol–water partition coefficient (Wildman–Crippen LogP) is 2.84. The first-order valence-corrected chi connectivity index (χ1v) is 9.55. The summed E-state index contributed by atoms with van der Waals surface area (Å²) in [5.74, 6) is -0.951. The van der Waals surface area contributed by atoms with Crippen molar-refractivity contribution >= 4 is 32.3 Å². The van der Waals surface area contributed by atoms with Gasteiger partial charge >= 0.3 is 0 Å². The summed E-state index contributed by atoms with van der Waals surface area (Å²) in [5.41, 5.74) is 2.08. The lowest BCUT2D eigenvalue weighted by Gasteiger charge is -2.12. The molecule has 0 spiro atoms. The van der Waals surface area contributed by atoms with Crippen LogP contribution < -0.4 is 5.32 Å². The van der Waals surface area contributed by atoms with Gasteiger partial charge in [-0.3, -0.25) is 9.78 Å². The number of para-hydroxylation sites is 1. The minimum absolute atomic E-state index is 0.360. The zero-order valence-electron chi connectivity index (χ0n) is 13.1. The number of hydrogen-bond acceptors (Lipinski definition) is 4. The van der Waals surface area contributed by atoms with E-state index in [2.05, 4.69) is 10.3 Å². The molecule has 0 unspecified atom stereocenters. The first-order valence-electron chi connectivity index (χ1n) is 7.83. The van der Waals surface area contributed by atoms with Gasteiger partial charge in [0, 0.05) is 11.1 Å². The average Bonchev–Trinajstić information content (AvgIpc) is 3.02. The molecule has 0 radical (unpaired) electrons. The molecule has 0 saturated heterocycles. The molecule has 1 N–H and O–H groups in total. The lowest BCUT2D eigenvalue weighted by molar-refractivity contribution is -0.113. The summed E-state index contributed by atoms with van der Waals surface area (Å²) in [6.45, 7) is 1.88. The van der Waals surface area contributed by atoms with E-state index in [1.807, 2.05) is 31.2 Å². The van der Waals surface area contributed by atoms with E-state index in [4.69, 9.17) is 0 Å². The number of benzene rings is 1. The second kappa shape index (κ2) is 6.28. The topological polar surface area (TPSA) is 76.1 Å². The number of fused-ring (bicyclic) bond motifs is 1. The third-order valence-corrected chi connectivity index (χ3v) is 6.43. The quantitative estimate of drug-likeness (QED) is 0.934. The molecule has 0 aliphatic heterocycles. The highest BCUT2D eigenvalue weighted by Crippen LogP contribution is 2.26. The van der Waals surface area contributed by atoms with Gasteiger partial charge in [-0.2, -0.15) is 0 Å². The van der Waals surface area contributed by atoms with Gasteiger partial charge in [-0.1, -0.05) is 31.0 Å². The minimum atomic E-state index is -3.37. The van der Waals surface area contributed by atoms with Gasteiger partial charge in [-0.05, 0) is 31.9 Å². The molecule has 1 heterocycles. The number of hydrogen-bond donors (Lipinski definition) is 1. The largest absolute Gasteiger partial charge is 0.323 e. The van der Waals surface area contributed by atoms with Crippen LogP contribution >= 0.6 is 0 Å². The molecule has 0 atom stereocenters. The molecule has 6 heteroatoms. The van der Waals surface area contributed by atoms with Crippen molar-refractivity contribution in [2.45, 2.75) is 37.9 Å². The van der Waals surface area contributed by atoms with Crippen LogP contribution in [0, 0.1) is 6.92 Å². The fourth-order valence-electron chi connectivity index (χ4n) is 3.08. The van der Waals surface area contributed by atoms with Crippen LogP contribution in [0.2, 0.25) is 0 Å². The molecule has 3 rings (SSSR count). The predicted molar refractivity (Wildman–Crippen MR) is 91.2 cm³/mol. The molecule has 1 amide bonds. The fourth-order valence-corrected chi connectivity index (χ4v) is 4.80. The Bertz CT molecular complexity index is 840. The summed E-state index contributed by atoms with van der Waals surface area (Å²) in [4.78, 5) is 16.6. The smallest absolute Gasteiger partial charge is 0.239 e. The summed E-state index contributed by atoms with van der Waals surface area (Å²) in [6, 6.07) is 9.31. The molecule has 1 fully saturated rings. The minimum Gasteiger partial charge on any atom is -0.323 e. The molecule has 1 aliphatic rings. The Morgan fingerprint density at radius 3 is 2.70 bits per heavy atom. The molecule has 23 heavy (non-hydrogen) atoms. The number of rotatable bonds is 4. The molecule has 1 saturated carbocycles. The van der Waals surface area contributed by atoms with Crippen molar-refractivity contribution in [2.75, 3.05) is 11.1 Å². The molecule has 1 aromatic carbocycles. The van der Waals surface area contributed by atoms with Crippen molar-refractivity contribution in [1.29, 1.82) is 0 Å². The van der Waals surface area contributed by atoms with Crippen LogP contribution in [0.15, 0.2) is 30.3 Å². The Kier molecular flexibility index (Phi) is 4.35. The van der Waals surface area contributed by atoms with Crippen LogP contribution in [0.4, 0.5) is 5.69 Å². The first kappa shape index (κ1) is 15.9. The monoisotopic (exact) mass is 332 g/mol. The summed E-state index contributed by atoms with van der Waals surface area (Å²) in [5, 5.41) is 3.26. The maximum Gasteiger partial charge on any atom is 0.239 e. The van der Waals surface area contributed by atoms with Crippen LogP contribution in [0.1, 0.15) is 31.4 Å². The standard InChI is InChI=1S/C17H20N2O3S/c1-12-9-10-13-5-4-8-15(17(13)18-12)19-16(20)11-23(21,22)14-6-2-3-7-14/h4-5,8-10,14H,2-3,6-7,11H2,1H3,(H,19,20). The summed E-state index contributed by atoms with van der Waals surface area (Å²) < 4.78 is 24.5. The van der Waals surface area contributed by atoms with Gasteiger partial charge in [0.25, 0.3) is 0 Å². The third-order valence-electron chi connectivity index (χ3n) is 4.28. The van der Waals surface area contributed by atoms with Gasteiger partial charge < -0.3 is 5.32 Å². The van der Waals surface area contributed by atoms with E-state index >= 15 is 0 Å². The van der Waals surface area contributed by atoms with Crippen molar-refractivity contribution in [1.82, 2.24) is 4.98 Å². The van der Waals surface area contributed by atoms with Gasteiger partial charge in [0.1, 0.15) is 5.75 Å². The van der Waals surface area contributed by atoms with E-state index in [9.17, 15) is 13.2 Å². The second-order valence-corrected chi connectivity index (χ2v) is 8.37. The highest BCUT2D eigenvalue weighted by molar-refractivity contribution is 7.92. The molecular weight excluding hydrogens is 312 g/mol. The van der Waals surface area contributed by atoms with Gasteiger partial charge in [-0.15, -0.1) is 0 Å². The lowest BCUT2D eigenvalue weighted by Crippen LogP contribution is -2.29. The Hall–Kier alpha value is -1.95. The zero-order valence-corrected chi connectivity index (χ0v) is 13.9. The van der Waals surface area contributed by atoms with E-state index < -0.39 is 21.5 Å². The highest BCUT2D eigenvalue weighted by Gasteiger charge is 2.30. The van der Waals surface area contributed by atoms with E-state index in [-0.39, 0.29) is 5.25 Å². The van der Waals surface area contributed by atoms with Crippen LogP contribution in [0.5, 0.6) is 0 Å². The first-order chi connectivity index (χ1) is 11.0. The number of carbonyl (C=O) groups is 1. The molecular formula is C17H20N2O3S. The Morgan fingerprint density at radius 1 is 1.22 bits per heavy atom. The van der Waals surface area contributed by atoms with Gasteiger partial charge in [0.05, 0.1) is 16.5 Å². The zero-order chi connectivity index (χ0) is 16.4. The second-order valence-electron chi connectivity index (χ2n) is 6.09. The van der Waals surface area contributed by atoms with Crippen molar-refractivity contribution in [3.05, 3.63) is 36.0 Å². The number of nitrogens with one attached hydrogen (secondary N) is 1. The normalized spacial score (nSPS) is 15.9. The van der Waals surface area contributed by atoms with Gasteiger partial charge in [0.2, 0.25) is 5.91 Å². The molecule has 5 nitrogen and oxygen atoms in total. The number of anilines is 1. The maximum absolute atomic E-state index is 12.3. The highest BCUT2D eigenvalue weighted by atomic mass is 32.2. The number of aryl methyl sites for hydroxylation is 1. The number of carbonyl (C=O) groups excluding carboxylic acids is 1. The van der Waals surface area contributed by atoms with Crippen LogP contribution in [0.25, 0.3) is 10.9 Å². The summed E-state index contributed by atoms with van der Waals surface area (Å²) in [7, 11) is -3.37. The lowest BCUT2D eigenvalue weighted by atomic mass is 10.2. The van der Waals surface area contributed by atoms with Crippen LogP contribution in [0.3, 0.4) is 0 Å². The Balaban J connectivity index is 1.79. The molecule has 1 aliphatic carbocycles. The number of pyridine rings is 1. The van der Waals surface area contributed by atoms with Gasteiger partial charge in [0.15, 0.2) is 9.84 Å². The number of nitrogens with zero attached hydrogens (tertiary/aromatic N) is 1. The van der Waals surface area contributed by atoms with Gasteiger partial charge in [-0.25, -0.2) is 8.42 Å². The molecule has 2 aromatic rings. The summed E-state index contributed by atoms with van der Waals surface area (Å²) in [6.07, 6.45) is 3.20. The number of amides is 1. The van der Waals surface area contributed by atoms with Crippen molar-refractivity contribution in [3.8, 4) is 0 Å². The van der Waals surface area contributed by atoms with E-state index in [0.717, 1.165) is 23.9 Å². The van der Waals surface area contributed by atoms with E-state index in [1.54, 1.807) is 6.07 Å². The Labute approximate surface area is 136 Å². The SMILES string of the molecule is Cc1ccc2cccc(NC(=O)CS(=O)(=O)C3CCCC3)c2n1. The number of aromatic nitrogens is 1. The summed E-state index contributed by atoms with van der Waals surface area (Å²) >= 11 is 0. The third kappa shape index (κ3) is 3.52. The molecule has 0 bridgehead atoms. The van der Waals surface area contributed by atoms with Crippen molar-refractivity contribution in [2.24, 2.45) is 0 Å². The van der Waals surface area contributed by atoms with E-state index in [1.165, 1.54) is 0 Å². The number of sulfone groups is 1. The molecule has 1 aromatic heterocycles. The van der Waals surface area contributed by atoms with Crippen LogP contribution in [-0.2, 0) is 14.6 Å². The average molecular weight is 332 g/mol. The van der Waals surface area contributed by atoms with Crippen LogP contribution in [-0.4, -0.2) is 30.3 Å². The van der Waals surface area contributed by atoms with E-state index in [0.29, 0.717) is 24.0 Å². The fraction of sp³-hybridized carbons (Fsp3) is 0.412. The molecule has 122 valence electrons. The maximum atomic E-state index is 12.3. The van der Waals surface area contributed by atoms with Crippen molar-refractivity contribution < 1.29 is 13.2 Å². The van der Waals surface area contributed by atoms with Crippen molar-refractivity contribution in [3.63, 3.8) is 0 Å². The Morgan fingerprint density at radius 2 is 1.96 bits per heavy atom.